The lowest BCUT2D eigenvalue weighted by molar-refractivity contribution is 0.392. The Morgan fingerprint density at radius 2 is 2.38 bits per heavy atom. The van der Waals surface area contributed by atoms with Crippen molar-refractivity contribution in [1.29, 1.82) is 0 Å². The van der Waals surface area contributed by atoms with Crippen LogP contribution in [0.4, 0.5) is 0 Å². The molecule has 0 amide bonds. The summed E-state index contributed by atoms with van der Waals surface area (Å²) in [6, 6.07) is 4.23. The Balaban J connectivity index is 0.00000243. The number of aryl methyl sites for hydroxylation is 2. The van der Waals surface area contributed by atoms with Gasteiger partial charge in [-0.2, -0.15) is 16.9 Å². The zero-order chi connectivity index (χ0) is 17.5. The molecule has 3 heterocycles. The van der Waals surface area contributed by atoms with Gasteiger partial charge in [0.05, 0.1) is 19.4 Å². The van der Waals surface area contributed by atoms with Crippen LogP contribution < -0.4 is 10.6 Å². The summed E-state index contributed by atoms with van der Waals surface area (Å²) in [5, 5.41) is 11.4. The SMILES string of the molecule is CSCCN=C(NCCc1ccco1)NC1CCc2nc(C)nn2C1.I. The van der Waals surface area contributed by atoms with E-state index in [1.807, 2.05) is 23.7 Å². The molecule has 1 aliphatic heterocycles. The van der Waals surface area contributed by atoms with Crippen molar-refractivity contribution in [2.75, 3.05) is 25.1 Å². The summed E-state index contributed by atoms with van der Waals surface area (Å²) in [5.41, 5.74) is 0. The van der Waals surface area contributed by atoms with Gasteiger partial charge in [0.1, 0.15) is 17.4 Å². The van der Waals surface area contributed by atoms with E-state index < -0.39 is 0 Å². The third-order valence-electron chi connectivity index (χ3n) is 4.11. The molecule has 144 valence electrons. The Hall–Kier alpha value is -1.23. The number of hydrogen-bond donors (Lipinski definition) is 2. The maximum absolute atomic E-state index is 5.38. The number of thioether (sulfide) groups is 1. The molecule has 0 saturated carbocycles. The number of aromatic nitrogens is 3. The molecule has 2 aromatic heterocycles. The van der Waals surface area contributed by atoms with Gasteiger partial charge >= 0.3 is 0 Å². The first kappa shape index (κ1) is 21.1. The molecule has 0 saturated heterocycles. The number of fused-ring (bicyclic) bond motifs is 1. The van der Waals surface area contributed by atoms with Crippen LogP contribution in [0.25, 0.3) is 0 Å². The van der Waals surface area contributed by atoms with Crippen LogP contribution in [0, 0.1) is 6.92 Å². The van der Waals surface area contributed by atoms with Gasteiger partial charge in [-0.05, 0) is 31.7 Å². The first-order valence-electron chi connectivity index (χ1n) is 8.71. The molecule has 1 atom stereocenters. The summed E-state index contributed by atoms with van der Waals surface area (Å²) in [6.45, 7) is 4.37. The zero-order valence-electron chi connectivity index (χ0n) is 15.3. The van der Waals surface area contributed by atoms with E-state index in [1.54, 1.807) is 18.0 Å². The van der Waals surface area contributed by atoms with Crippen molar-refractivity contribution >= 4 is 41.7 Å². The highest BCUT2D eigenvalue weighted by molar-refractivity contribution is 14.0. The largest absolute Gasteiger partial charge is 0.469 e. The Morgan fingerprint density at radius 3 is 3.15 bits per heavy atom. The summed E-state index contributed by atoms with van der Waals surface area (Å²) >= 11 is 1.80. The summed E-state index contributed by atoms with van der Waals surface area (Å²) in [5.74, 6) is 4.80. The molecule has 0 aliphatic carbocycles. The van der Waals surface area contributed by atoms with Crippen molar-refractivity contribution in [3.8, 4) is 0 Å². The quantitative estimate of drug-likeness (QED) is 0.268. The number of aliphatic imine (C=N–C) groups is 1. The molecule has 0 bridgehead atoms. The predicted molar refractivity (Wildman–Crippen MR) is 117 cm³/mol. The van der Waals surface area contributed by atoms with Gasteiger partial charge in [-0.1, -0.05) is 0 Å². The van der Waals surface area contributed by atoms with Crippen LogP contribution in [0.15, 0.2) is 27.8 Å². The number of guanidine groups is 1. The summed E-state index contributed by atoms with van der Waals surface area (Å²) in [7, 11) is 0. The summed E-state index contributed by atoms with van der Waals surface area (Å²) in [4.78, 5) is 9.15. The van der Waals surface area contributed by atoms with E-state index in [-0.39, 0.29) is 24.0 Å². The van der Waals surface area contributed by atoms with Gasteiger partial charge in [-0.15, -0.1) is 24.0 Å². The van der Waals surface area contributed by atoms with Gasteiger partial charge in [0.25, 0.3) is 0 Å². The second-order valence-electron chi connectivity index (χ2n) is 6.12. The predicted octanol–water partition coefficient (Wildman–Crippen LogP) is 2.25. The molecular formula is C17H27IN6OS. The lowest BCUT2D eigenvalue weighted by Gasteiger charge is -2.25. The van der Waals surface area contributed by atoms with Crippen molar-refractivity contribution in [3.63, 3.8) is 0 Å². The number of halogens is 1. The molecule has 2 aromatic rings. The lowest BCUT2D eigenvalue weighted by Crippen LogP contribution is -2.47. The fourth-order valence-electron chi connectivity index (χ4n) is 2.91. The molecule has 2 N–H and O–H groups in total. The number of nitrogens with zero attached hydrogens (tertiary/aromatic N) is 4. The molecule has 0 fully saturated rings. The minimum atomic E-state index is 0. The lowest BCUT2D eigenvalue weighted by atomic mass is 10.1. The van der Waals surface area contributed by atoms with Gasteiger partial charge < -0.3 is 15.1 Å². The van der Waals surface area contributed by atoms with E-state index in [0.29, 0.717) is 6.04 Å². The van der Waals surface area contributed by atoms with Crippen LogP contribution in [0.3, 0.4) is 0 Å². The molecule has 7 nitrogen and oxygen atoms in total. The van der Waals surface area contributed by atoms with Crippen LogP contribution in [0.5, 0.6) is 0 Å². The number of furan rings is 1. The molecule has 1 unspecified atom stereocenters. The third-order valence-corrected chi connectivity index (χ3v) is 4.70. The van der Waals surface area contributed by atoms with E-state index in [1.165, 1.54) is 0 Å². The van der Waals surface area contributed by atoms with E-state index in [4.69, 9.17) is 4.42 Å². The first-order chi connectivity index (χ1) is 12.2. The smallest absolute Gasteiger partial charge is 0.191 e. The monoisotopic (exact) mass is 490 g/mol. The minimum Gasteiger partial charge on any atom is -0.469 e. The summed E-state index contributed by atoms with van der Waals surface area (Å²) in [6.07, 6.45) is 6.64. The number of nitrogens with one attached hydrogen (secondary N) is 2. The van der Waals surface area contributed by atoms with E-state index in [0.717, 1.165) is 68.0 Å². The molecule has 9 heteroatoms. The Labute approximate surface area is 175 Å². The van der Waals surface area contributed by atoms with Gasteiger partial charge in [0.15, 0.2) is 5.96 Å². The highest BCUT2D eigenvalue weighted by Crippen LogP contribution is 2.12. The minimum absolute atomic E-state index is 0. The maximum atomic E-state index is 5.38. The van der Waals surface area contributed by atoms with Crippen LogP contribution >= 0.6 is 35.7 Å². The molecule has 1 aliphatic rings. The second kappa shape index (κ2) is 10.8. The number of hydrogen-bond acceptors (Lipinski definition) is 5. The molecule has 3 rings (SSSR count). The van der Waals surface area contributed by atoms with Gasteiger partial charge in [0.2, 0.25) is 0 Å². The fraction of sp³-hybridized carbons (Fsp3) is 0.588. The topological polar surface area (TPSA) is 80.3 Å². The number of rotatable bonds is 7. The van der Waals surface area contributed by atoms with Gasteiger partial charge in [0, 0.05) is 31.2 Å². The molecule has 26 heavy (non-hydrogen) atoms. The summed E-state index contributed by atoms with van der Waals surface area (Å²) < 4.78 is 7.40. The zero-order valence-corrected chi connectivity index (χ0v) is 18.4. The van der Waals surface area contributed by atoms with Crippen molar-refractivity contribution in [2.45, 2.75) is 38.8 Å². The second-order valence-corrected chi connectivity index (χ2v) is 7.10. The van der Waals surface area contributed by atoms with E-state index in [9.17, 15) is 0 Å². The van der Waals surface area contributed by atoms with Crippen molar-refractivity contribution < 1.29 is 4.42 Å². The van der Waals surface area contributed by atoms with Crippen LogP contribution in [-0.2, 0) is 19.4 Å². The first-order valence-corrected chi connectivity index (χ1v) is 10.1. The average Bonchev–Trinajstić information content (AvgIpc) is 3.23. The van der Waals surface area contributed by atoms with Crippen molar-refractivity contribution in [1.82, 2.24) is 25.4 Å². The fourth-order valence-corrected chi connectivity index (χ4v) is 3.18. The van der Waals surface area contributed by atoms with Gasteiger partial charge in [-0.3, -0.25) is 4.99 Å². The Bertz CT molecular complexity index is 687. The Morgan fingerprint density at radius 1 is 1.50 bits per heavy atom. The molecule has 0 spiro atoms. The standard InChI is InChI=1S/C17H26N6OS.HI/c1-13-20-16-6-5-14(12-23(16)22-13)21-17(19-9-11-25-2)18-8-7-15-4-3-10-24-15;/h3-4,10,14H,5-9,11-12H2,1-2H3,(H2,18,19,21);1H. The van der Waals surface area contributed by atoms with E-state index in [2.05, 4.69) is 32.0 Å². The highest BCUT2D eigenvalue weighted by atomic mass is 127. The maximum Gasteiger partial charge on any atom is 0.191 e. The van der Waals surface area contributed by atoms with Crippen molar-refractivity contribution in [3.05, 3.63) is 35.8 Å². The highest BCUT2D eigenvalue weighted by Gasteiger charge is 2.21. The average molecular weight is 490 g/mol. The van der Waals surface area contributed by atoms with Crippen LogP contribution in [0.2, 0.25) is 0 Å². The molecule has 0 radical (unpaired) electrons. The van der Waals surface area contributed by atoms with Crippen molar-refractivity contribution in [2.24, 2.45) is 4.99 Å². The third kappa shape index (κ3) is 6.19. The normalized spacial score (nSPS) is 16.7. The van der Waals surface area contributed by atoms with Gasteiger partial charge in [-0.25, -0.2) is 9.67 Å². The Kier molecular flexibility index (Phi) is 8.76. The van der Waals surface area contributed by atoms with E-state index >= 15 is 0 Å². The molecular weight excluding hydrogens is 463 g/mol. The molecule has 0 aromatic carbocycles. The van der Waals surface area contributed by atoms with Crippen LogP contribution in [-0.4, -0.2) is 51.9 Å². The van der Waals surface area contributed by atoms with Crippen LogP contribution in [0.1, 0.15) is 23.8 Å².